The van der Waals surface area contributed by atoms with Crippen LogP contribution in [-0.4, -0.2) is 25.2 Å². The van der Waals surface area contributed by atoms with Gasteiger partial charge >= 0.3 is 6.61 Å². The summed E-state index contributed by atoms with van der Waals surface area (Å²) in [5.41, 5.74) is 0.518. The summed E-state index contributed by atoms with van der Waals surface area (Å²) in [6.07, 6.45) is 2.09. The third-order valence-corrected chi connectivity index (χ3v) is 2.72. The first-order valence-corrected chi connectivity index (χ1v) is 7.11. The van der Waals surface area contributed by atoms with Gasteiger partial charge in [0.25, 0.3) is 0 Å². The van der Waals surface area contributed by atoms with Crippen molar-refractivity contribution < 1.29 is 23.0 Å². The van der Waals surface area contributed by atoms with Crippen molar-refractivity contribution in [2.45, 2.75) is 53.2 Å². The van der Waals surface area contributed by atoms with Crippen LogP contribution in [0.4, 0.5) is 8.78 Å². The minimum absolute atomic E-state index is 0.0149. The molecule has 0 aromatic heterocycles. The minimum Gasteiger partial charge on any atom is -0.490 e. The third-order valence-electron chi connectivity index (χ3n) is 2.72. The predicted molar refractivity (Wildman–Crippen MR) is 75.5 cm³/mol. The van der Waals surface area contributed by atoms with Crippen LogP contribution in [0.25, 0.3) is 0 Å². The summed E-state index contributed by atoms with van der Waals surface area (Å²) in [5.74, 6) is 0.371. The number of hydrogen-bond donors (Lipinski definition) is 1. The van der Waals surface area contributed by atoms with E-state index < -0.39 is 6.61 Å². The van der Waals surface area contributed by atoms with Crippen LogP contribution in [-0.2, 0) is 14.3 Å². The van der Waals surface area contributed by atoms with Gasteiger partial charge in [-0.3, -0.25) is 4.79 Å². The van der Waals surface area contributed by atoms with E-state index in [0.717, 1.165) is 0 Å². The number of alkyl halides is 2. The van der Waals surface area contributed by atoms with Crippen molar-refractivity contribution in [3.8, 4) is 0 Å². The van der Waals surface area contributed by atoms with Gasteiger partial charge in [-0.25, -0.2) is 0 Å². The topological polar surface area (TPSA) is 47.6 Å². The van der Waals surface area contributed by atoms with E-state index >= 15 is 0 Å². The number of ether oxygens (including phenoxy) is 2. The Bertz CT molecular complexity index is 429. The van der Waals surface area contributed by atoms with Gasteiger partial charge in [0.2, 0.25) is 5.91 Å². The van der Waals surface area contributed by atoms with Gasteiger partial charge in [-0.2, -0.15) is 8.78 Å². The zero-order valence-corrected chi connectivity index (χ0v) is 12.9. The molecule has 4 nitrogen and oxygen atoms in total. The van der Waals surface area contributed by atoms with Crippen LogP contribution < -0.4 is 5.32 Å². The smallest absolute Gasteiger partial charge is 0.387 e. The Balaban J connectivity index is 2.89. The van der Waals surface area contributed by atoms with Crippen molar-refractivity contribution in [1.82, 2.24) is 5.32 Å². The predicted octanol–water partition coefficient (Wildman–Crippen LogP) is 3.35. The van der Waals surface area contributed by atoms with E-state index in [4.69, 9.17) is 4.74 Å². The number of carbonyl (C=O) groups is 1. The molecule has 0 saturated carbocycles. The molecular weight excluding hydrogens is 280 g/mol. The maximum atomic E-state index is 12.4. The fourth-order valence-corrected chi connectivity index (χ4v) is 1.82. The number of allylic oxidation sites excluding steroid dienone is 2. The molecule has 0 spiro atoms. The van der Waals surface area contributed by atoms with Gasteiger partial charge in [0, 0.05) is 18.0 Å². The van der Waals surface area contributed by atoms with Crippen molar-refractivity contribution in [2.24, 2.45) is 5.92 Å². The SMILES string of the molecule is CC(C)COC1=C(OC(F)F)CCC(C(=O)NC(C)C)=C1. The van der Waals surface area contributed by atoms with Crippen molar-refractivity contribution >= 4 is 5.91 Å². The lowest BCUT2D eigenvalue weighted by molar-refractivity contribution is -0.118. The van der Waals surface area contributed by atoms with Crippen LogP contribution in [0.2, 0.25) is 0 Å². The van der Waals surface area contributed by atoms with Crippen LogP contribution in [0.3, 0.4) is 0 Å². The molecule has 0 saturated heterocycles. The van der Waals surface area contributed by atoms with Crippen molar-refractivity contribution in [1.29, 1.82) is 0 Å². The van der Waals surface area contributed by atoms with Gasteiger partial charge in [-0.05, 0) is 32.3 Å². The van der Waals surface area contributed by atoms with Crippen molar-refractivity contribution in [3.63, 3.8) is 0 Å². The molecule has 1 amide bonds. The molecule has 6 heteroatoms. The molecule has 1 aliphatic rings. The number of hydrogen-bond acceptors (Lipinski definition) is 3. The van der Waals surface area contributed by atoms with Gasteiger partial charge in [0.15, 0.2) is 5.76 Å². The summed E-state index contributed by atoms with van der Waals surface area (Å²) in [7, 11) is 0. The fraction of sp³-hybridized carbons (Fsp3) is 0.667. The first kappa shape index (κ1) is 17.5. The molecule has 0 unspecified atom stereocenters. The molecule has 0 aromatic carbocycles. The van der Waals surface area contributed by atoms with E-state index in [1.165, 1.54) is 6.08 Å². The van der Waals surface area contributed by atoms with Gasteiger partial charge in [-0.15, -0.1) is 0 Å². The van der Waals surface area contributed by atoms with Crippen molar-refractivity contribution in [3.05, 3.63) is 23.2 Å². The lowest BCUT2D eigenvalue weighted by Crippen LogP contribution is -2.32. The number of amides is 1. The van der Waals surface area contributed by atoms with E-state index in [9.17, 15) is 13.6 Å². The normalized spacial score (nSPS) is 15.6. The van der Waals surface area contributed by atoms with Gasteiger partial charge in [-0.1, -0.05) is 13.8 Å². The summed E-state index contributed by atoms with van der Waals surface area (Å²) in [6, 6.07) is 0.0149. The molecule has 1 rings (SSSR count). The van der Waals surface area contributed by atoms with Crippen molar-refractivity contribution in [2.75, 3.05) is 6.61 Å². The molecule has 120 valence electrons. The molecule has 0 bridgehead atoms. The van der Waals surface area contributed by atoms with E-state index in [1.807, 2.05) is 27.7 Å². The number of carbonyl (C=O) groups excluding carboxylic acids is 1. The minimum atomic E-state index is -2.89. The Labute approximate surface area is 124 Å². The average Bonchev–Trinajstić information content (AvgIpc) is 2.35. The maximum Gasteiger partial charge on any atom is 0.387 e. The number of halogens is 2. The van der Waals surface area contributed by atoms with Crippen LogP contribution >= 0.6 is 0 Å². The first-order valence-electron chi connectivity index (χ1n) is 7.11. The zero-order chi connectivity index (χ0) is 16.0. The number of rotatable bonds is 7. The second-order valence-corrected chi connectivity index (χ2v) is 5.67. The molecule has 0 fully saturated rings. The quantitative estimate of drug-likeness (QED) is 0.784. The lowest BCUT2D eigenvalue weighted by atomic mass is 10.0. The van der Waals surface area contributed by atoms with Gasteiger partial charge in [0.05, 0.1) is 6.61 Å². The molecule has 1 N–H and O–H groups in total. The molecule has 21 heavy (non-hydrogen) atoms. The summed E-state index contributed by atoms with van der Waals surface area (Å²) >= 11 is 0. The fourth-order valence-electron chi connectivity index (χ4n) is 1.82. The summed E-state index contributed by atoms with van der Waals surface area (Å²) < 4.78 is 34.8. The Morgan fingerprint density at radius 2 is 1.95 bits per heavy atom. The highest BCUT2D eigenvalue weighted by Gasteiger charge is 2.23. The summed E-state index contributed by atoms with van der Waals surface area (Å²) in [5, 5.41) is 2.78. The zero-order valence-electron chi connectivity index (χ0n) is 12.9. The lowest BCUT2D eigenvalue weighted by Gasteiger charge is -2.21. The summed E-state index contributed by atoms with van der Waals surface area (Å²) in [4.78, 5) is 12.0. The molecule has 0 radical (unpaired) electrons. The van der Waals surface area contributed by atoms with Gasteiger partial charge < -0.3 is 14.8 Å². The molecular formula is C15H23F2NO3. The van der Waals surface area contributed by atoms with E-state index in [0.29, 0.717) is 18.6 Å². The van der Waals surface area contributed by atoms with E-state index in [2.05, 4.69) is 10.1 Å². The van der Waals surface area contributed by atoms with Crippen LogP contribution in [0.1, 0.15) is 40.5 Å². The van der Waals surface area contributed by atoms with Gasteiger partial charge in [0.1, 0.15) is 5.76 Å². The first-order chi connectivity index (χ1) is 9.79. The third kappa shape index (κ3) is 6.14. The number of nitrogens with one attached hydrogen (secondary N) is 1. The Morgan fingerprint density at radius 3 is 2.48 bits per heavy atom. The van der Waals surface area contributed by atoms with Crippen LogP contribution in [0.15, 0.2) is 23.2 Å². The standard InChI is InChI=1S/C15H23F2NO3/c1-9(2)8-20-13-7-11(14(19)18-10(3)4)5-6-12(13)21-15(16)17/h7,9-10,15H,5-6,8H2,1-4H3,(H,18,19). The molecule has 0 aromatic rings. The van der Waals surface area contributed by atoms with Crippen LogP contribution in [0, 0.1) is 5.92 Å². The van der Waals surface area contributed by atoms with E-state index in [-0.39, 0.29) is 35.8 Å². The highest BCUT2D eigenvalue weighted by Crippen LogP contribution is 2.27. The van der Waals surface area contributed by atoms with E-state index in [1.54, 1.807) is 0 Å². The highest BCUT2D eigenvalue weighted by molar-refractivity contribution is 5.94. The maximum absolute atomic E-state index is 12.4. The van der Waals surface area contributed by atoms with Crippen LogP contribution in [0.5, 0.6) is 0 Å². The average molecular weight is 303 g/mol. The molecule has 1 aliphatic carbocycles. The monoisotopic (exact) mass is 303 g/mol. The highest BCUT2D eigenvalue weighted by atomic mass is 19.3. The largest absolute Gasteiger partial charge is 0.490 e. The Kier molecular flexibility index (Phi) is 6.65. The Morgan fingerprint density at radius 1 is 1.29 bits per heavy atom. The Hall–Kier alpha value is -1.59. The second-order valence-electron chi connectivity index (χ2n) is 5.67. The summed E-state index contributed by atoms with van der Waals surface area (Å²) in [6.45, 7) is 5.11. The molecule has 0 heterocycles. The molecule has 0 atom stereocenters. The second kappa shape index (κ2) is 8.00. The molecule has 0 aliphatic heterocycles.